The molecule has 152 valence electrons. The zero-order valence-corrected chi connectivity index (χ0v) is 17.1. The number of aryl methyl sites for hydroxylation is 1. The number of amides is 1. The molecule has 0 radical (unpaired) electrons. The number of carbonyl (C=O) groups is 1. The van der Waals surface area contributed by atoms with Crippen molar-refractivity contribution in [3.05, 3.63) is 48.2 Å². The Hall–Kier alpha value is -2.12. The summed E-state index contributed by atoms with van der Waals surface area (Å²) in [5.74, 6) is 1.85. The zero-order chi connectivity index (χ0) is 20.0. The zero-order valence-electron chi connectivity index (χ0n) is 16.3. The average Bonchev–Trinajstić information content (AvgIpc) is 3.16. The van der Waals surface area contributed by atoms with Crippen molar-refractivity contribution in [2.75, 3.05) is 18.8 Å². The molecule has 1 aliphatic rings. The van der Waals surface area contributed by atoms with Gasteiger partial charge in [-0.05, 0) is 31.4 Å². The molecule has 7 heteroatoms. The van der Waals surface area contributed by atoms with Crippen LogP contribution in [0.1, 0.15) is 38.4 Å². The van der Waals surface area contributed by atoms with Gasteiger partial charge in [-0.3, -0.25) is 4.79 Å². The number of likely N-dealkylation sites (tertiary alicyclic amines) is 1. The SMILES string of the molecule is CCCS(=O)(=O)NC1CCN(C(=O)CCc2ccc(-c3ccccc3)o2)CC1. The van der Waals surface area contributed by atoms with E-state index in [1.54, 1.807) is 0 Å². The fourth-order valence-corrected chi connectivity index (χ4v) is 4.89. The van der Waals surface area contributed by atoms with Crippen LogP contribution < -0.4 is 4.72 Å². The Kier molecular flexibility index (Phi) is 6.91. The first-order chi connectivity index (χ1) is 13.5. The van der Waals surface area contributed by atoms with E-state index >= 15 is 0 Å². The van der Waals surface area contributed by atoms with Crippen molar-refractivity contribution in [1.82, 2.24) is 9.62 Å². The van der Waals surface area contributed by atoms with Crippen LogP contribution >= 0.6 is 0 Å². The molecule has 1 amide bonds. The van der Waals surface area contributed by atoms with Crippen LogP contribution in [0.2, 0.25) is 0 Å². The lowest BCUT2D eigenvalue weighted by molar-refractivity contribution is -0.132. The summed E-state index contributed by atoms with van der Waals surface area (Å²) in [5, 5.41) is 0. The van der Waals surface area contributed by atoms with Crippen LogP contribution in [0, 0.1) is 0 Å². The summed E-state index contributed by atoms with van der Waals surface area (Å²) in [6.45, 7) is 3.03. The molecule has 1 aliphatic heterocycles. The second-order valence-electron chi connectivity index (χ2n) is 7.22. The van der Waals surface area contributed by atoms with E-state index in [0.717, 1.165) is 17.1 Å². The minimum Gasteiger partial charge on any atom is -0.461 e. The van der Waals surface area contributed by atoms with Crippen molar-refractivity contribution in [3.8, 4) is 11.3 Å². The van der Waals surface area contributed by atoms with Crippen molar-refractivity contribution < 1.29 is 17.6 Å². The molecule has 0 atom stereocenters. The summed E-state index contributed by atoms with van der Waals surface area (Å²) in [6.07, 6.45) is 2.88. The van der Waals surface area contributed by atoms with Gasteiger partial charge in [0.15, 0.2) is 0 Å². The van der Waals surface area contributed by atoms with E-state index in [1.165, 1.54) is 0 Å². The Labute approximate surface area is 167 Å². The molecule has 1 fully saturated rings. The standard InChI is InChI=1S/C21H28N2O4S/c1-2-16-28(25,26)22-18-12-14-23(15-13-18)21(24)11-9-19-8-10-20(27-19)17-6-4-3-5-7-17/h3-8,10,18,22H,2,9,11-16H2,1H3. The van der Waals surface area contributed by atoms with Gasteiger partial charge in [0.1, 0.15) is 11.5 Å². The maximum absolute atomic E-state index is 12.5. The van der Waals surface area contributed by atoms with Crippen molar-refractivity contribution in [2.45, 2.75) is 45.1 Å². The molecular weight excluding hydrogens is 376 g/mol. The molecule has 0 saturated carbocycles. The first kappa shape index (κ1) is 20.6. The molecule has 1 saturated heterocycles. The number of nitrogens with one attached hydrogen (secondary N) is 1. The summed E-state index contributed by atoms with van der Waals surface area (Å²) in [4.78, 5) is 14.3. The van der Waals surface area contributed by atoms with Gasteiger partial charge in [-0.2, -0.15) is 0 Å². The molecule has 1 N–H and O–H groups in total. The monoisotopic (exact) mass is 404 g/mol. The average molecular weight is 405 g/mol. The van der Waals surface area contributed by atoms with Crippen LogP contribution in [0.3, 0.4) is 0 Å². The molecule has 0 bridgehead atoms. The Morgan fingerprint density at radius 3 is 2.54 bits per heavy atom. The van der Waals surface area contributed by atoms with E-state index in [1.807, 2.05) is 54.3 Å². The lowest BCUT2D eigenvalue weighted by Crippen LogP contribution is -2.47. The Balaban J connectivity index is 1.45. The molecule has 28 heavy (non-hydrogen) atoms. The molecule has 1 aromatic heterocycles. The maximum Gasteiger partial charge on any atom is 0.223 e. The lowest BCUT2D eigenvalue weighted by Gasteiger charge is -2.32. The fraction of sp³-hybridized carbons (Fsp3) is 0.476. The summed E-state index contributed by atoms with van der Waals surface area (Å²) in [6, 6.07) is 13.7. The fourth-order valence-electron chi connectivity index (χ4n) is 3.49. The number of furan rings is 1. The molecule has 2 heterocycles. The Morgan fingerprint density at radius 2 is 1.86 bits per heavy atom. The minimum absolute atomic E-state index is 0.0703. The first-order valence-electron chi connectivity index (χ1n) is 9.89. The van der Waals surface area contributed by atoms with Crippen LogP contribution in [0.25, 0.3) is 11.3 Å². The highest BCUT2D eigenvalue weighted by Crippen LogP contribution is 2.22. The highest BCUT2D eigenvalue weighted by molar-refractivity contribution is 7.89. The van der Waals surface area contributed by atoms with E-state index in [-0.39, 0.29) is 17.7 Å². The summed E-state index contributed by atoms with van der Waals surface area (Å²) in [5.41, 5.74) is 1.02. The van der Waals surface area contributed by atoms with Gasteiger partial charge in [-0.25, -0.2) is 13.1 Å². The molecule has 0 aliphatic carbocycles. The second kappa shape index (κ2) is 9.39. The van der Waals surface area contributed by atoms with E-state index in [0.29, 0.717) is 45.2 Å². The maximum atomic E-state index is 12.5. The second-order valence-corrected chi connectivity index (χ2v) is 9.10. The number of piperidine rings is 1. The van der Waals surface area contributed by atoms with Gasteiger partial charge in [0.2, 0.25) is 15.9 Å². The molecule has 1 aromatic carbocycles. The number of benzene rings is 1. The number of hydrogen-bond donors (Lipinski definition) is 1. The number of nitrogens with zero attached hydrogens (tertiary/aromatic N) is 1. The van der Waals surface area contributed by atoms with E-state index in [2.05, 4.69) is 4.72 Å². The van der Waals surface area contributed by atoms with Gasteiger partial charge in [0, 0.05) is 37.5 Å². The van der Waals surface area contributed by atoms with Gasteiger partial charge in [-0.1, -0.05) is 37.3 Å². The van der Waals surface area contributed by atoms with Crippen LogP contribution in [-0.4, -0.2) is 44.1 Å². The molecule has 0 spiro atoms. The summed E-state index contributed by atoms with van der Waals surface area (Å²) < 4.78 is 32.4. The molecule has 2 aromatic rings. The largest absolute Gasteiger partial charge is 0.461 e. The number of rotatable bonds is 8. The molecule has 3 rings (SSSR count). The normalized spacial score (nSPS) is 15.7. The highest BCUT2D eigenvalue weighted by Gasteiger charge is 2.25. The predicted octanol–water partition coefficient (Wildman–Crippen LogP) is 3.20. The third kappa shape index (κ3) is 5.69. The molecule has 6 nitrogen and oxygen atoms in total. The number of sulfonamides is 1. The highest BCUT2D eigenvalue weighted by atomic mass is 32.2. The van der Waals surface area contributed by atoms with Gasteiger partial charge >= 0.3 is 0 Å². The summed E-state index contributed by atoms with van der Waals surface area (Å²) >= 11 is 0. The van der Waals surface area contributed by atoms with Gasteiger partial charge < -0.3 is 9.32 Å². The Morgan fingerprint density at radius 1 is 1.14 bits per heavy atom. The third-order valence-electron chi connectivity index (χ3n) is 4.97. The van der Waals surface area contributed by atoms with E-state index in [9.17, 15) is 13.2 Å². The van der Waals surface area contributed by atoms with Crippen molar-refractivity contribution >= 4 is 15.9 Å². The van der Waals surface area contributed by atoms with Crippen LogP contribution in [0.15, 0.2) is 46.9 Å². The molecular formula is C21H28N2O4S. The van der Waals surface area contributed by atoms with Gasteiger partial charge in [0.05, 0.1) is 5.75 Å². The van der Waals surface area contributed by atoms with Crippen LogP contribution in [0.4, 0.5) is 0 Å². The van der Waals surface area contributed by atoms with Crippen LogP contribution in [-0.2, 0) is 21.2 Å². The Bertz CT molecular complexity index is 869. The topological polar surface area (TPSA) is 79.6 Å². The van der Waals surface area contributed by atoms with E-state index < -0.39 is 10.0 Å². The quantitative estimate of drug-likeness (QED) is 0.733. The number of carbonyl (C=O) groups excluding carboxylic acids is 1. The van der Waals surface area contributed by atoms with Crippen molar-refractivity contribution in [1.29, 1.82) is 0 Å². The van der Waals surface area contributed by atoms with Crippen molar-refractivity contribution in [3.63, 3.8) is 0 Å². The first-order valence-corrected chi connectivity index (χ1v) is 11.5. The van der Waals surface area contributed by atoms with E-state index in [4.69, 9.17) is 4.42 Å². The van der Waals surface area contributed by atoms with Crippen molar-refractivity contribution in [2.24, 2.45) is 0 Å². The number of hydrogen-bond acceptors (Lipinski definition) is 4. The van der Waals surface area contributed by atoms with Gasteiger partial charge in [-0.15, -0.1) is 0 Å². The van der Waals surface area contributed by atoms with Crippen LogP contribution in [0.5, 0.6) is 0 Å². The predicted molar refractivity (Wildman–Crippen MR) is 109 cm³/mol. The smallest absolute Gasteiger partial charge is 0.223 e. The minimum atomic E-state index is -3.20. The lowest BCUT2D eigenvalue weighted by atomic mass is 10.1. The third-order valence-corrected chi connectivity index (χ3v) is 6.61. The summed E-state index contributed by atoms with van der Waals surface area (Å²) in [7, 11) is -3.20. The molecule has 0 unspecified atom stereocenters. The van der Waals surface area contributed by atoms with Gasteiger partial charge in [0.25, 0.3) is 0 Å².